The van der Waals surface area contributed by atoms with Crippen LogP contribution in [0, 0.1) is 12.7 Å². The van der Waals surface area contributed by atoms with Gasteiger partial charge in [0.2, 0.25) is 15.9 Å². The average Bonchev–Trinajstić information content (AvgIpc) is 2.56. The van der Waals surface area contributed by atoms with Crippen LogP contribution in [0.1, 0.15) is 17.5 Å². The maximum Gasteiger partial charge on any atom is 0.241 e. The molecule has 134 valence electrons. The van der Waals surface area contributed by atoms with Gasteiger partial charge in [-0.05, 0) is 52.2 Å². The zero-order valence-electron chi connectivity index (χ0n) is 13.6. The molecule has 1 amide bonds. The van der Waals surface area contributed by atoms with Gasteiger partial charge in [0.25, 0.3) is 0 Å². The van der Waals surface area contributed by atoms with E-state index in [0.29, 0.717) is 15.6 Å². The third-order valence-electron chi connectivity index (χ3n) is 3.50. The summed E-state index contributed by atoms with van der Waals surface area (Å²) in [4.78, 5) is 11.9. The van der Waals surface area contributed by atoms with Crippen molar-refractivity contribution in [2.45, 2.75) is 24.8 Å². The molecule has 2 rings (SSSR count). The molecule has 0 heterocycles. The van der Waals surface area contributed by atoms with Crippen molar-refractivity contribution in [2.75, 3.05) is 6.54 Å². The van der Waals surface area contributed by atoms with Crippen molar-refractivity contribution in [2.24, 2.45) is 0 Å². The van der Waals surface area contributed by atoms with Crippen molar-refractivity contribution in [3.63, 3.8) is 0 Å². The van der Waals surface area contributed by atoms with Crippen molar-refractivity contribution in [3.05, 3.63) is 63.9 Å². The van der Waals surface area contributed by atoms with Crippen LogP contribution in [0.15, 0.2) is 51.8 Å². The molecular weight excluding hydrogens is 411 g/mol. The van der Waals surface area contributed by atoms with E-state index in [1.54, 1.807) is 37.3 Å². The lowest BCUT2D eigenvalue weighted by Crippen LogP contribution is -2.30. The maximum atomic E-state index is 13.4. The number of aryl methyl sites for hydroxylation is 1. The largest absolute Gasteiger partial charge is 0.352 e. The minimum Gasteiger partial charge on any atom is -0.352 e. The number of hydrogen-bond donors (Lipinski definition) is 2. The SMILES string of the molecule is Cc1ccc(CNC(=O)CCNS(=O)(=O)c2ccccc2Br)cc1F. The molecule has 8 heteroatoms. The number of hydrogen-bond acceptors (Lipinski definition) is 3. The van der Waals surface area contributed by atoms with Crippen molar-refractivity contribution in [3.8, 4) is 0 Å². The zero-order chi connectivity index (χ0) is 18.4. The molecule has 0 bridgehead atoms. The second-order valence-electron chi connectivity index (χ2n) is 5.44. The molecule has 0 unspecified atom stereocenters. The highest BCUT2D eigenvalue weighted by molar-refractivity contribution is 9.10. The van der Waals surface area contributed by atoms with E-state index in [1.807, 2.05) is 0 Å². The molecule has 0 fully saturated rings. The molecule has 0 aliphatic carbocycles. The Morgan fingerprint density at radius 1 is 1.20 bits per heavy atom. The van der Waals surface area contributed by atoms with E-state index >= 15 is 0 Å². The van der Waals surface area contributed by atoms with Gasteiger partial charge in [-0.2, -0.15) is 0 Å². The van der Waals surface area contributed by atoms with Crippen molar-refractivity contribution in [1.29, 1.82) is 0 Å². The lowest BCUT2D eigenvalue weighted by Gasteiger charge is -2.09. The molecule has 0 saturated heterocycles. The standard InChI is InChI=1S/C17H18BrFN2O3S/c1-12-6-7-13(10-15(12)19)11-20-17(22)8-9-21-25(23,24)16-5-3-2-4-14(16)18/h2-7,10,21H,8-9,11H2,1H3,(H,20,22). The van der Waals surface area contributed by atoms with Crippen LogP contribution in [0.25, 0.3) is 0 Å². The van der Waals surface area contributed by atoms with E-state index in [1.165, 1.54) is 12.1 Å². The molecule has 2 aromatic carbocycles. The summed E-state index contributed by atoms with van der Waals surface area (Å²) in [6.45, 7) is 1.82. The predicted molar refractivity (Wildman–Crippen MR) is 96.9 cm³/mol. The fourth-order valence-electron chi connectivity index (χ4n) is 2.07. The molecule has 0 atom stereocenters. The topological polar surface area (TPSA) is 75.3 Å². The van der Waals surface area contributed by atoms with Crippen molar-refractivity contribution < 1.29 is 17.6 Å². The lowest BCUT2D eigenvalue weighted by atomic mass is 10.1. The van der Waals surface area contributed by atoms with Gasteiger partial charge in [0.1, 0.15) is 5.82 Å². The molecular formula is C17H18BrFN2O3S. The zero-order valence-corrected chi connectivity index (χ0v) is 16.0. The summed E-state index contributed by atoms with van der Waals surface area (Å²) in [6, 6.07) is 11.2. The first-order valence-corrected chi connectivity index (χ1v) is 9.83. The van der Waals surface area contributed by atoms with Crippen LogP contribution in [0.3, 0.4) is 0 Å². The van der Waals surface area contributed by atoms with Crippen LogP contribution in [-0.2, 0) is 21.4 Å². The van der Waals surface area contributed by atoms with Crippen LogP contribution >= 0.6 is 15.9 Å². The first-order valence-electron chi connectivity index (χ1n) is 7.55. The third-order valence-corrected chi connectivity index (χ3v) is 5.97. The summed E-state index contributed by atoms with van der Waals surface area (Å²) in [5, 5.41) is 2.63. The Morgan fingerprint density at radius 3 is 2.60 bits per heavy atom. The minimum atomic E-state index is -3.69. The maximum absolute atomic E-state index is 13.4. The fraction of sp³-hybridized carbons (Fsp3) is 0.235. The summed E-state index contributed by atoms with van der Waals surface area (Å²) < 4.78 is 40.6. The van der Waals surface area contributed by atoms with Gasteiger partial charge >= 0.3 is 0 Å². The fourth-order valence-corrected chi connectivity index (χ4v) is 4.11. The van der Waals surface area contributed by atoms with E-state index in [9.17, 15) is 17.6 Å². The molecule has 0 saturated carbocycles. The van der Waals surface area contributed by atoms with Crippen LogP contribution in [0.5, 0.6) is 0 Å². The van der Waals surface area contributed by atoms with Gasteiger partial charge < -0.3 is 5.32 Å². The average molecular weight is 429 g/mol. The third kappa shape index (κ3) is 5.62. The number of benzene rings is 2. The molecule has 2 N–H and O–H groups in total. The quantitative estimate of drug-likeness (QED) is 0.711. The number of amides is 1. The Labute approximate surface area is 154 Å². The van der Waals surface area contributed by atoms with Crippen molar-refractivity contribution >= 4 is 31.9 Å². The van der Waals surface area contributed by atoms with E-state index in [0.717, 1.165) is 0 Å². The molecule has 5 nitrogen and oxygen atoms in total. The Kier molecular flexibility index (Phi) is 6.69. The Bertz CT molecular complexity index is 872. The summed E-state index contributed by atoms with van der Waals surface area (Å²) in [5.74, 6) is -0.649. The molecule has 0 aromatic heterocycles. The Balaban J connectivity index is 1.82. The second-order valence-corrected chi connectivity index (χ2v) is 8.03. The monoisotopic (exact) mass is 428 g/mol. The minimum absolute atomic E-state index is 0.0158. The number of rotatable bonds is 7. The van der Waals surface area contributed by atoms with Gasteiger partial charge in [0.05, 0.1) is 4.90 Å². The molecule has 2 aromatic rings. The van der Waals surface area contributed by atoms with Gasteiger partial charge in [-0.3, -0.25) is 4.79 Å². The first-order chi connectivity index (χ1) is 11.8. The highest BCUT2D eigenvalue weighted by Crippen LogP contribution is 2.20. The molecule has 0 aliphatic heterocycles. The first kappa shape index (κ1) is 19.6. The van der Waals surface area contributed by atoms with Crippen LogP contribution in [0.4, 0.5) is 4.39 Å². The van der Waals surface area contributed by atoms with E-state index in [4.69, 9.17) is 0 Å². The number of halogens is 2. The smallest absolute Gasteiger partial charge is 0.241 e. The summed E-state index contributed by atoms with van der Waals surface area (Å²) in [7, 11) is -3.69. The summed E-state index contributed by atoms with van der Waals surface area (Å²) in [5.41, 5.74) is 1.18. The van der Waals surface area contributed by atoms with Crippen LogP contribution < -0.4 is 10.0 Å². The number of nitrogens with one attached hydrogen (secondary N) is 2. The van der Waals surface area contributed by atoms with Crippen molar-refractivity contribution in [1.82, 2.24) is 10.0 Å². The molecule has 0 aliphatic rings. The van der Waals surface area contributed by atoms with E-state index < -0.39 is 10.0 Å². The summed E-state index contributed by atoms with van der Waals surface area (Å²) >= 11 is 3.19. The molecule has 25 heavy (non-hydrogen) atoms. The Morgan fingerprint density at radius 2 is 1.92 bits per heavy atom. The van der Waals surface area contributed by atoms with Gasteiger partial charge in [0.15, 0.2) is 0 Å². The number of sulfonamides is 1. The molecule has 0 radical (unpaired) electrons. The van der Waals surface area contributed by atoms with Gasteiger partial charge in [0, 0.05) is 24.0 Å². The normalized spacial score (nSPS) is 11.3. The second kappa shape index (κ2) is 8.55. The highest BCUT2D eigenvalue weighted by Gasteiger charge is 2.16. The van der Waals surface area contributed by atoms with Gasteiger partial charge in [-0.25, -0.2) is 17.5 Å². The highest BCUT2D eigenvalue weighted by atomic mass is 79.9. The molecule has 0 spiro atoms. The number of carbonyl (C=O) groups is 1. The van der Waals surface area contributed by atoms with Crippen LogP contribution in [-0.4, -0.2) is 20.9 Å². The van der Waals surface area contributed by atoms with Gasteiger partial charge in [-0.15, -0.1) is 0 Å². The summed E-state index contributed by atoms with van der Waals surface area (Å²) in [6.07, 6.45) is -0.0158. The lowest BCUT2D eigenvalue weighted by molar-refractivity contribution is -0.121. The van der Waals surface area contributed by atoms with E-state index in [2.05, 4.69) is 26.0 Å². The van der Waals surface area contributed by atoms with Gasteiger partial charge in [-0.1, -0.05) is 24.3 Å². The predicted octanol–water partition coefficient (Wildman–Crippen LogP) is 2.88. The number of carbonyl (C=O) groups excluding carboxylic acids is 1. The Hall–Kier alpha value is -1.77. The van der Waals surface area contributed by atoms with E-state index in [-0.39, 0.29) is 36.1 Å². The van der Waals surface area contributed by atoms with Crippen LogP contribution in [0.2, 0.25) is 0 Å².